The topological polar surface area (TPSA) is 18.5 Å². The first kappa shape index (κ1) is 14.9. The van der Waals surface area contributed by atoms with Crippen molar-refractivity contribution in [3.05, 3.63) is 66.7 Å². The Morgan fingerprint density at radius 1 is 0.750 bits per heavy atom. The van der Waals surface area contributed by atoms with E-state index in [0.717, 1.165) is 11.5 Å². The van der Waals surface area contributed by atoms with Gasteiger partial charge in [-0.25, -0.2) is 11.3 Å². The molecule has 0 aromatic heterocycles. The van der Waals surface area contributed by atoms with Gasteiger partial charge in [0.25, 0.3) is 0 Å². The molecule has 1 aliphatic heterocycles. The van der Waals surface area contributed by atoms with Crippen LogP contribution < -0.4 is 9.47 Å². The summed E-state index contributed by atoms with van der Waals surface area (Å²) in [6.45, 7) is 0. The van der Waals surface area contributed by atoms with Crippen LogP contribution in [0.2, 0.25) is 0 Å². The van der Waals surface area contributed by atoms with E-state index in [1.807, 2.05) is 35.6 Å². The third kappa shape index (κ3) is 2.47. The van der Waals surface area contributed by atoms with E-state index in [0.29, 0.717) is 0 Å². The van der Waals surface area contributed by atoms with Gasteiger partial charge in [-0.3, -0.25) is 0 Å². The summed E-state index contributed by atoms with van der Waals surface area (Å²) in [5.74, 6) is 1.76. The molecule has 0 atom stereocenters. The van der Waals surface area contributed by atoms with E-state index in [1.54, 1.807) is 14.2 Å². The van der Waals surface area contributed by atoms with Crippen LogP contribution in [0.3, 0.4) is 0 Å². The predicted molar refractivity (Wildman–Crippen MR) is 101 cm³/mol. The molecule has 0 saturated carbocycles. The molecule has 0 fully saturated rings. The molecule has 0 radical (unpaired) electrons. The molecule has 0 saturated heterocycles. The Morgan fingerprint density at radius 2 is 1.38 bits per heavy atom. The standard InChI is InChI=1S/C21H17O2S/c1-22-16-10-6-14(7-11-16)20-18-4-3-5-19(18)21(24-20)15-8-12-17(23-2)13-9-15/h3-13H,1-2H3/q-1. The first-order valence-corrected chi connectivity index (χ1v) is 8.59. The number of hydrogen-bond donors (Lipinski definition) is 0. The SMILES string of the molecule is COc1ccc(-c2s[c-](-c3ccc(OC)cc3)c3cccc2-3)cc1. The summed E-state index contributed by atoms with van der Waals surface area (Å²) in [5.41, 5.74) is 5.04. The third-order valence-corrected chi connectivity index (χ3v) is 5.53. The van der Waals surface area contributed by atoms with Gasteiger partial charge < -0.3 is 9.47 Å². The number of benzene rings is 2. The second kappa shape index (κ2) is 6.10. The van der Waals surface area contributed by atoms with E-state index in [9.17, 15) is 0 Å². The molecule has 2 aromatic rings. The molecule has 1 heterocycles. The molecular weight excluding hydrogens is 316 g/mol. The number of methoxy groups -OCH3 is 2. The highest BCUT2D eigenvalue weighted by Crippen LogP contribution is 2.49. The average Bonchev–Trinajstić information content (AvgIpc) is 3.24. The summed E-state index contributed by atoms with van der Waals surface area (Å²) in [6, 6.07) is 23.0. The van der Waals surface area contributed by atoms with E-state index in [2.05, 4.69) is 42.5 Å². The zero-order valence-corrected chi connectivity index (χ0v) is 14.4. The summed E-state index contributed by atoms with van der Waals surface area (Å²) >= 11 is 1.83. The van der Waals surface area contributed by atoms with Crippen molar-refractivity contribution in [2.75, 3.05) is 14.2 Å². The van der Waals surface area contributed by atoms with Crippen LogP contribution in [0.5, 0.6) is 11.5 Å². The van der Waals surface area contributed by atoms with Crippen LogP contribution in [0.4, 0.5) is 0 Å². The highest BCUT2D eigenvalue weighted by Gasteiger charge is 2.13. The molecular formula is C21H17O2S-. The van der Waals surface area contributed by atoms with Crippen molar-refractivity contribution in [1.82, 2.24) is 0 Å². The number of hydrogen-bond acceptors (Lipinski definition) is 3. The Hall–Kier alpha value is -2.65. The fraction of sp³-hybridized carbons (Fsp3) is 0.0952. The maximum absolute atomic E-state index is 5.27. The van der Waals surface area contributed by atoms with Gasteiger partial charge in [-0.05, 0) is 39.6 Å². The number of fused-ring (bicyclic) bond motifs is 1. The van der Waals surface area contributed by atoms with Crippen LogP contribution in [0.1, 0.15) is 0 Å². The van der Waals surface area contributed by atoms with E-state index in [1.165, 1.54) is 32.0 Å². The summed E-state index contributed by atoms with van der Waals surface area (Å²) in [5, 5.41) is 0. The van der Waals surface area contributed by atoms with Gasteiger partial charge in [0, 0.05) is 0 Å². The summed E-state index contributed by atoms with van der Waals surface area (Å²) in [7, 11) is 3.38. The maximum Gasteiger partial charge on any atom is 0.118 e. The number of thiophene rings is 1. The monoisotopic (exact) mass is 333 g/mol. The van der Waals surface area contributed by atoms with Gasteiger partial charge in [0.05, 0.1) is 14.2 Å². The van der Waals surface area contributed by atoms with Crippen molar-refractivity contribution in [3.63, 3.8) is 0 Å². The summed E-state index contributed by atoms with van der Waals surface area (Å²) < 4.78 is 10.5. The lowest BCUT2D eigenvalue weighted by molar-refractivity contribution is 0.415. The smallest absolute Gasteiger partial charge is 0.118 e. The molecule has 0 bridgehead atoms. The normalized spacial score (nSPS) is 10.9. The van der Waals surface area contributed by atoms with Gasteiger partial charge >= 0.3 is 0 Å². The zero-order valence-electron chi connectivity index (χ0n) is 13.6. The van der Waals surface area contributed by atoms with Crippen LogP contribution >= 0.6 is 11.3 Å². The van der Waals surface area contributed by atoms with Crippen LogP contribution in [-0.4, -0.2) is 14.2 Å². The largest absolute Gasteiger partial charge is 0.498 e. The molecule has 1 aliphatic carbocycles. The Kier molecular flexibility index (Phi) is 3.79. The molecule has 0 unspecified atom stereocenters. The Labute approximate surface area is 145 Å². The van der Waals surface area contributed by atoms with E-state index >= 15 is 0 Å². The van der Waals surface area contributed by atoms with Gasteiger partial charge in [0.15, 0.2) is 0 Å². The van der Waals surface area contributed by atoms with Crippen molar-refractivity contribution < 1.29 is 9.47 Å². The fourth-order valence-corrected chi connectivity index (χ4v) is 4.23. The van der Waals surface area contributed by atoms with Crippen molar-refractivity contribution >= 4 is 11.3 Å². The van der Waals surface area contributed by atoms with Gasteiger partial charge in [-0.1, -0.05) is 41.0 Å². The molecule has 4 rings (SSSR count). The Bertz CT molecular complexity index is 839. The van der Waals surface area contributed by atoms with Gasteiger partial charge in [0.2, 0.25) is 0 Å². The second-order valence-electron chi connectivity index (χ2n) is 5.57. The number of rotatable bonds is 4. The van der Waals surface area contributed by atoms with Crippen LogP contribution in [0, 0.1) is 0 Å². The third-order valence-electron chi connectivity index (χ3n) is 4.21. The zero-order chi connectivity index (χ0) is 16.5. The van der Waals surface area contributed by atoms with Gasteiger partial charge in [-0.15, -0.1) is 18.2 Å². The summed E-state index contributed by atoms with van der Waals surface area (Å²) in [4.78, 5) is 2.59. The van der Waals surface area contributed by atoms with Crippen molar-refractivity contribution in [1.29, 1.82) is 0 Å². The summed E-state index contributed by atoms with van der Waals surface area (Å²) in [6.07, 6.45) is 0. The minimum Gasteiger partial charge on any atom is -0.498 e. The Balaban J connectivity index is 1.81. The van der Waals surface area contributed by atoms with Crippen molar-refractivity contribution in [2.24, 2.45) is 0 Å². The average molecular weight is 333 g/mol. The highest BCUT2D eigenvalue weighted by atomic mass is 32.1. The second-order valence-corrected chi connectivity index (χ2v) is 6.59. The van der Waals surface area contributed by atoms with E-state index < -0.39 is 0 Å². The van der Waals surface area contributed by atoms with Gasteiger partial charge in [0.1, 0.15) is 11.5 Å². The van der Waals surface area contributed by atoms with Crippen LogP contribution in [0.15, 0.2) is 66.7 Å². The van der Waals surface area contributed by atoms with Crippen molar-refractivity contribution in [3.8, 4) is 43.5 Å². The maximum atomic E-state index is 5.27. The van der Waals surface area contributed by atoms with Crippen LogP contribution in [0.25, 0.3) is 32.0 Å². The minimum atomic E-state index is 0.879. The molecule has 0 amide bonds. The first-order valence-electron chi connectivity index (χ1n) is 7.77. The predicted octanol–water partition coefficient (Wildman–Crippen LogP) is 5.92. The van der Waals surface area contributed by atoms with Crippen LogP contribution in [-0.2, 0) is 0 Å². The molecule has 120 valence electrons. The lowest BCUT2D eigenvalue weighted by atomic mass is 10.0. The van der Waals surface area contributed by atoms with Crippen molar-refractivity contribution in [2.45, 2.75) is 0 Å². The molecule has 2 aliphatic rings. The lowest BCUT2D eigenvalue weighted by Crippen LogP contribution is -1.82. The molecule has 3 heteroatoms. The van der Waals surface area contributed by atoms with E-state index in [-0.39, 0.29) is 0 Å². The fourth-order valence-electron chi connectivity index (χ4n) is 2.94. The molecule has 0 spiro atoms. The molecule has 24 heavy (non-hydrogen) atoms. The molecule has 0 N–H and O–H groups in total. The lowest BCUT2D eigenvalue weighted by Gasteiger charge is -2.08. The van der Waals surface area contributed by atoms with Gasteiger partial charge in [-0.2, -0.15) is 0 Å². The molecule has 2 nitrogen and oxygen atoms in total. The minimum absolute atomic E-state index is 0.879. The Morgan fingerprint density at radius 3 is 2.00 bits per heavy atom. The molecule has 2 aromatic carbocycles. The highest BCUT2D eigenvalue weighted by molar-refractivity contribution is 7.20. The quantitative estimate of drug-likeness (QED) is 0.431. The number of ether oxygens (including phenoxy) is 2. The first-order chi connectivity index (χ1) is 11.8. The van der Waals surface area contributed by atoms with E-state index in [4.69, 9.17) is 9.47 Å².